The summed E-state index contributed by atoms with van der Waals surface area (Å²) in [7, 11) is 0. The summed E-state index contributed by atoms with van der Waals surface area (Å²) in [4.78, 5) is 11.5. The standard InChI is InChI=1S/C16H26N2O2/c1-4-13-10-14(18(5-2)17-13)9-12-8-11(3)6-7-15(12)16(19)20/h10-12,15H,4-9H2,1-3H3,(H,19,20). The molecule has 20 heavy (non-hydrogen) atoms. The van der Waals surface area contributed by atoms with Crippen LogP contribution in [-0.4, -0.2) is 20.9 Å². The first-order chi connectivity index (χ1) is 9.55. The van der Waals surface area contributed by atoms with E-state index in [2.05, 4.69) is 31.9 Å². The van der Waals surface area contributed by atoms with Crippen molar-refractivity contribution in [3.05, 3.63) is 17.5 Å². The lowest BCUT2D eigenvalue weighted by Gasteiger charge is -2.32. The summed E-state index contributed by atoms with van der Waals surface area (Å²) in [5.74, 6) is 0.0823. The van der Waals surface area contributed by atoms with Crippen molar-refractivity contribution in [1.29, 1.82) is 0 Å². The van der Waals surface area contributed by atoms with Gasteiger partial charge in [0, 0.05) is 12.2 Å². The van der Waals surface area contributed by atoms with E-state index in [9.17, 15) is 9.90 Å². The van der Waals surface area contributed by atoms with Gasteiger partial charge >= 0.3 is 5.97 Å². The second-order valence-corrected chi connectivity index (χ2v) is 6.12. The molecule has 0 aromatic carbocycles. The second-order valence-electron chi connectivity index (χ2n) is 6.12. The molecule has 0 amide bonds. The molecule has 1 aliphatic carbocycles. The molecule has 2 rings (SSSR count). The van der Waals surface area contributed by atoms with Crippen molar-refractivity contribution in [2.75, 3.05) is 0 Å². The largest absolute Gasteiger partial charge is 0.481 e. The predicted octanol–water partition coefficient (Wildman–Crippen LogP) is 3.14. The molecule has 4 heteroatoms. The summed E-state index contributed by atoms with van der Waals surface area (Å²) in [5.41, 5.74) is 2.31. The molecule has 112 valence electrons. The van der Waals surface area contributed by atoms with Crippen molar-refractivity contribution >= 4 is 5.97 Å². The zero-order valence-corrected chi connectivity index (χ0v) is 12.8. The van der Waals surface area contributed by atoms with Crippen LogP contribution in [0.15, 0.2) is 6.07 Å². The highest BCUT2D eigenvalue weighted by molar-refractivity contribution is 5.70. The van der Waals surface area contributed by atoms with Gasteiger partial charge < -0.3 is 5.11 Å². The summed E-state index contributed by atoms with van der Waals surface area (Å²) in [5, 5.41) is 14.0. The van der Waals surface area contributed by atoms with E-state index >= 15 is 0 Å². The molecule has 1 aromatic heterocycles. The monoisotopic (exact) mass is 278 g/mol. The number of carboxylic acid groups (broad SMARTS) is 1. The Morgan fingerprint density at radius 1 is 1.45 bits per heavy atom. The Morgan fingerprint density at radius 2 is 2.20 bits per heavy atom. The quantitative estimate of drug-likeness (QED) is 0.900. The van der Waals surface area contributed by atoms with Crippen molar-refractivity contribution in [3.63, 3.8) is 0 Å². The molecular weight excluding hydrogens is 252 g/mol. The number of aromatic nitrogens is 2. The maximum Gasteiger partial charge on any atom is 0.306 e. The Hall–Kier alpha value is -1.32. The molecular formula is C16H26N2O2. The van der Waals surface area contributed by atoms with E-state index in [4.69, 9.17) is 0 Å². The number of hydrogen-bond acceptors (Lipinski definition) is 2. The molecule has 1 saturated carbocycles. The highest BCUT2D eigenvalue weighted by Crippen LogP contribution is 2.36. The van der Waals surface area contributed by atoms with Crippen molar-refractivity contribution < 1.29 is 9.90 Å². The second kappa shape index (κ2) is 6.42. The van der Waals surface area contributed by atoms with Crippen LogP contribution in [0, 0.1) is 17.8 Å². The predicted molar refractivity (Wildman–Crippen MR) is 78.6 cm³/mol. The van der Waals surface area contributed by atoms with E-state index in [0.717, 1.165) is 44.3 Å². The van der Waals surface area contributed by atoms with Gasteiger partial charge in [0.15, 0.2) is 0 Å². The fraction of sp³-hybridized carbons (Fsp3) is 0.750. The van der Waals surface area contributed by atoms with Gasteiger partial charge in [0.2, 0.25) is 0 Å². The van der Waals surface area contributed by atoms with Crippen LogP contribution in [0.1, 0.15) is 51.4 Å². The minimum Gasteiger partial charge on any atom is -0.481 e. The summed E-state index contributed by atoms with van der Waals surface area (Å²) in [6.07, 6.45) is 4.67. The zero-order valence-electron chi connectivity index (χ0n) is 12.8. The van der Waals surface area contributed by atoms with E-state index in [0.29, 0.717) is 5.92 Å². The molecule has 0 radical (unpaired) electrons. The number of rotatable bonds is 5. The van der Waals surface area contributed by atoms with E-state index in [1.54, 1.807) is 0 Å². The van der Waals surface area contributed by atoms with Gasteiger partial charge in [-0.15, -0.1) is 0 Å². The Labute approximate surface area is 121 Å². The number of aliphatic carboxylic acids is 1. The lowest BCUT2D eigenvalue weighted by molar-refractivity contribution is -0.145. The highest BCUT2D eigenvalue weighted by atomic mass is 16.4. The number of carbonyl (C=O) groups is 1. The first-order valence-electron chi connectivity index (χ1n) is 7.83. The van der Waals surface area contributed by atoms with Crippen LogP contribution < -0.4 is 0 Å². The van der Waals surface area contributed by atoms with Crippen LogP contribution >= 0.6 is 0 Å². The van der Waals surface area contributed by atoms with Gasteiger partial charge in [-0.05, 0) is 56.9 Å². The lowest BCUT2D eigenvalue weighted by atomic mass is 9.73. The molecule has 3 unspecified atom stereocenters. The van der Waals surface area contributed by atoms with E-state index in [-0.39, 0.29) is 11.8 Å². The van der Waals surface area contributed by atoms with Crippen LogP contribution in [0.5, 0.6) is 0 Å². The van der Waals surface area contributed by atoms with Crippen molar-refractivity contribution in [2.24, 2.45) is 17.8 Å². The summed E-state index contributed by atoms with van der Waals surface area (Å²) in [6, 6.07) is 2.15. The summed E-state index contributed by atoms with van der Waals surface area (Å²) >= 11 is 0. The first kappa shape index (κ1) is 15.1. The minimum atomic E-state index is -0.625. The van der Waals surface area contributed by atoms with Crippen LogP contribution in [0.3, 0.4) is 0 Å². The smallest absolute Gasteiger partial charge is 0.306 e. The van der Waals surface area contributed by atoms with Crippen LogP contribution in [0.4, 0.5) is 0 Å². The van der Waals surface area contributed by atoms with Crippen molar-refractivity contribution in [2.45, 2.75) is 59.4 Å². The molecule has 0 saturated heterocycles. The Bertz CT molecular complexity index is 467. The molecule has 1 aliphatic rings. The summed E-state index contributed by atoms with van der Waals surface area (Å²) in [6.45, 7) is 7.29. The normalized spacial score (nSPS) is 26.6. The molecule has 1 heterocycles. The van der Waals surface area contributed by atoms with Crippen molar-refractivity contribution in [1.82, 2.24) is 9.78 Å². The van der Waals surface area contributed by atoms with Crippen molar-refractivity contribution in [3.8, 4) is 0 Å². The van der Waals surface area contributed by atoms with E-state index in [1.165, 1.54) is 5.69 Å². The Kier molecular flexibility index (Phi) is 4.84. The Balaban J connectivity index is 2.17. The van der Waals surface area contributed by atoms with Gasteiger partial charge in [-0.2, -0.15) is 5.10 Å². The Morgan fingerprint density at radius 3 is 2.80 bits per heavy atom. The molecule has 0 bridgehead atoms. The fourth-order valence-electron chi connectivity index (χ4n) is 3.44. The molecule has 1 aromatic rings. The van der Waals surface area contributed by atoms with Crippen LogP contribution in [0.25, 0.3) is 0 Å². The third kappa shape index (κ3) is 3.22. The highest BCUT2D eigenvalue weighted by Gasteiger charge is 2.34. The van der Waals surface area contributed by atoms with Gasteiger partial charge in [0.1, 0.15) is 0 Å². The van der Waals surface area contributed by atoms with Gasteiger partial charge in [-0.3, -0.25) is 9.48 Å². The first-order valence-corrected chi connectivity index (χ1v) is 7.83. The third-order valence-corrected chi connectivity index (χ3v) is 4.61. The number of nitrogens with zero attached hydrogens (tertiary/aromatic N) is 2. The average molecular weight is 278 g/mol. The fourth-order valence-corrected chi connectivity index (χ4v) is 3.44. The molecule has 3 atom stereocenters. The molecule has 1 fully saturated rings. The SMILES string of the molecule is CCc1cc(CC2CC(C)CCC2C(=O)O)n(CC)n1. The maximum absolute atomic E-state index is 11.5. The summed E-state index contributed by atoms with van der Waals surface area (Å²) < 4.78 is 2.04. The van der Waals surface area contributed by atoms with Crippen LogP contribution in [-0.2, 0) is 24.2 Å². The topological polar surface area (TPSA) is 55.1 Å². The number of carboxylic acids is 1. The molecule has 0 aliphatic heterocycles. The number of aryl methyl sites for hydroxylation is 2. The van der Waals surface area contributed by atoms with Crippen LogP contribution in [0.2, 0.25) is 0 Å². The average Bonchev–Trinajstić information content (AvgIpc) is 2.80. The van der Waals surface area contributed by atoms with E-state index in [1.807, 2.05) is 4.68 Å². The van der Waals surface area contributed by atoms with Gasteiger partial charge in [-0.25, -0.2) is 0 Å². The minimum absolute atomic E-state index is 0.184. The van der Waals surface area contributed by atoms with E-state index < -0.39 is 5.97 Å². The van der Waals surface area contributed by atoms with Gasteiger partial charge in [-0.1, -0.05) is 13.8 Å². The zero-order chi connectivity index (χ0) is 14.7. The van der Waals surface area contributed by atoms with Gasteiger partial charge in [0.05, 0.1) is 11.6 Å². The van der Waals surface area contributed by atoms with Gasteiger partial charge in [0.25, 0.3) is 0 Å². The molecule has 4 nitrogen and oxygen atoms in total. The molecule has 1 N–H and O–H groups in total. The lowest BCUT2D eigenvalue weighted by Crippen LogP contribution is -2.31. The maximum atomic E-state index is 11.5. The molecule has 0 spiro atoms. The number of hydrogen-bond donors (Lipinski definition) is 1. The third-order valence-electron chi connectivity index (χ3n) is 4.61.